The van der Waals surface area contributed by atoms with Crippen molar-refractivity contribution in [1.29, 1.82) is 0 Å². The summed E-state index contributed by atoms with van der Waals surface area (Å²) in [4.78, 5) is 0. The van der Waals surface area contributed by atoms with Gasteiger partial charge in [-0.3, -0.25) is 0 Å². The van der Waals surface area contributed by atoms with Gasteiger partial charge >= 0.3 is 0 Å². The summed E-state index contributed by atoms with van der Waals surface area (Å²) in [5.41, 5.74) is -1.06. The number of hydrogen-bond donors (Lipinski definition) is 1. The Morgan fingerprint density at radius 1 is 1.43 bits per heavy atom. The Balaban J connectivity index is 3.31. The minimum absolute atomic E-state index is 0.100. The first-order chi connectivity index (χ1) is 6.37. The van der Waals surface area contributed by atoms with Gasteiger partial charge in [-0.05, 0) is 25.0 Å². The second kappa shape index (κ2) is 3.87. The highest BCUT2D eigenvalue weighted by Crippen LogP contribution is 2.35. The van der Waals surface area contributed by atoms with E-state index in [4.69, 9.17) is 11.6 Å². The maximum Gasteiger partial charge on any atom is 0.130 e. The maximum absolute atomic E-state index is 13.5. The summed E-state index contributed by atoms with van der Waals surface area (Å²) in [7, 11) is 0. The van der Waals surface area contributed by atoms with E-state index in [-0.39, 0.29) is 16.5 Å². The Morgan fingerprint density at radius 3 is 2.43 bits per heavy atom. The van der Waals surface area contributed by atoms with E-state index < -0.39 is 11.4 Å². The molecule has 0 spiro atoms. The molecule has 1 N–H and O–H groups in total. The highest BCUT2D eigenvalue weighted by Gasteiger charge is 2.32. The van der Waals surface area contributed by atoms with Gasteiger partial charge in [-0.25, -0.2) is 4.39 Å². The van der Waals surface area contributed by atoms with Crippen LogP contribution in [-0.2, 0) is 5.60 Å². The molecule has 0 amide bonds. The Labute approximate surface area is 88.5 Å². The zero-order chi connectivity index (χ0) is 10.9. The molecular formula is C11H14ClFO. The van der Waals surface area contributed by atoms with Crippen molar-refractivity contribution in [2.75, 3.05) is 0 Å². The smallest absolute Gasteiger partial charge is 0.130 e. The van der Waals surface area contributed by atoms with Crippen molar-refractivity contribution in [3.8, 4) is 0 Å². The van der Waals surface area contributed by atoms with Crippen LogP contribution in [0.4, 0.5) is 4.39 Å². The lowest BCUT2D eigenvalue weighted by molar-refractivity contribution is 0.00588. The molecule has 0 aromatic heterocycles. The first-order valence-corrected chi connectivity index (χ1v) is 4.92. The Hall–Kier alpha value is -0.600. The first-order valence-electron chi connectivity index (χ1n) is 4.54. The second-order valence-electron chi connectivity index (χ2n) is 3.90. The van der Waals surface area contributed by atoms with Crippen molar-refractivity contribution < 1.29 is 9.50 Å². The minimum atomic E-state index is -1.23. The molecule has 0 fully saturated rings. The standard InChI is InChI=1S/C11H14ClFO/c1-7(2)11(3,14)10-8(12)5-4-6-9(10)13/h4-7,14H,1-3H3/t11-/m1/s1. The van der Waals surface area contributed by atoms with Crippen LogP contribution in [-0.4, -0.2) is 5.11 Å². The zero-order valence-electron chi connectivity index (χ0n) is 8.51. The molecule has 0 unspecified atom stereocenters. The molecular weight excluding hydrogens is 203 g/mol. The van der Waals surface area contributed by atoms with E-state index in [9.17, 15) is 9.50 Å². The van der Waals surface area contributed by atoms with E-state index in [1.54, 1.807) is 13.0 Å². The quantitative estimate of drug-likeness (QED) is 0.804. The van der Waals surface area contributed by atoms with E-state index in [0.717, 1.165) is 0 Å². The molecule has 0 aliphatic rings. The van der Waals surface area contributed by atoms with E-state index in [1.807, 2.05) is 13.8 Å². The number of halogens is 2. The predicted molar refractivity (Wildman–Crippen MR) is 55.8 cm³/mol. The molecule has 1 rings (SSSR count). The fourth-order valence-electron chi connectivity index (χ4n) is 1.27. The molecule has 0 saturated heterocycles. The predicted octanol–water partition coefficient (Wildman–Crippen LogP) is 3.34. The Morgan fingerprint density at radius 2 is 2.00 bits per heavy atom. The Bertz CT molecular complexity index is 314. The molecule has 0 saturated carbocycles. The normalized spacial score (nSPS) is 15.6. The van der Waals surface area contributed by atoms with Crippen LogP contribution in [0, 0.1) is 11.7 Å². The molecule has 14 heavy (non-hydrogen) atoms. The van der Waals surface area contributed by atoms with Crippen LogP contribution in [0.1, 0.15) is 26.3 Å². The second-order valence-corrected chi connectivity index (χ2v) is 4.31. The van der Waals surface area contributed by atoms with Crippen molar-refractivity contribution in [3.63, 3.8) is 0 Å². The average Bonchev–Trinajstić information content (AvgIpc) is 2.02. The van der Waals surface area contributed by atoms with Crippen LogP contribution in [0.2, 0.25) is 5.02 Å². The third kappa shape index (κ3) is 1.91. The van der Waals surface area contributed by atoms with Crippen LogP contribution in [0.5, 0.6) is 0 Å². The van der Waals surface area contributed by atoms with Crippen molar-refractivity contribution in [1.82, 2.24) is 0 Å². The zero-order valence-corrected chi connectivity index (χ0v) is 9.27. The van der Waals surface area contributed by atoms with Gasteiger partial charge in [0, 0.05) is 10.6 Å². The highest BCUT2D eigenvalue weighted by molar-refractivity contribution is 6.31. The number of hydrogen-bond acceptors (Lipinski definition) is 1. The number of benzene rings is 1. The van der Waals surface area contributed by atoms with Gasteiger partial charge in [0.05, 0.1) is 5.60 Å². The third-order valence-electron chi connectivity index (χ3n) is 2.59. The van der Waals surface area contributed by atoms with Gasteiger partial charge < -0.3 is 5.11 Å². The fraction of sp³-hybridized carbons (Fsp3) is 0.455. The fourth-order valence-corrected chi connectivity index (χ4v) is 1.62. The van der Waals surface area contributed by atoms with Crippen LogP contribution >= 0.6 is 11.6 Å². The lowest BCUT2D eigenvalue weighted by Crippen LogP contribution is -2.29. The molecule has 0 radical (unpaired) electrons. The SMILES string of the molecule is CC(C)[C@@](C)(O)c1c(F)cccc1Cl. The van der Waals surface area contributed by atoms with E-state index in [0.29, 0.717) is 0 Å². The lowest BCUT2D eigenvalue weighted by Gasteiger charge is -2.29. The summed E-state index contributed by atoms with van der Waals surface area (Å²) in [6, 6.07) is 4.41. The van der Waals surface area contributed by atoms with Crippen LogP contribution in [0.15, 0.2) is 18.2 Å². The lowest BCUT2D eigenvalue weighted by atomic mass is 9.85. The number of rotatable bonds is 2. The number of aliphatic hydroxyl groups is 1. The summed E-state index contributed by atoms with van der Waals surface area (Å²) < 4.78 is 13.5. The van der Waals surface area contributed by atoms with Crippen LogP contribution in [0.25, 0.3) is 0 Å². The maximum atomic E-state index is 13.5. The summed E-state index contributed by atoms with van der Waals surface area (Å²) in [5.74, 6) is -0.562. The molecule has 78 valence electrons. The van der Waals surface area contributed by atoms with Gasteiger partial charge in [0.25, 0.3) is 0 Å². The van der Waals surface area contributed by atoms with Crippen LogP contribution < -0.4 is 0 Å². The van der Waals surface area contributed by atoms with Gasteiger partial charge in [0.15, 0.2) is 0 Å². The molecule has 0 aliphatic heterocycles. The molecule has 1 nitrogen and oxygen atoms in total. The van der Waals surface area contributed by atoms with Crippen LogP contribution in [0.3, 0.4) is 0 Å². The average molecular weight is 217 g/mol. The molecule has 0 bridgehead atoms. The molecule has 0 heterocycles. The Kier molecular flexibility index (Phi) is 3.17. The van der Waals surface area contributed by atoms with E-state index in [1.165, 1.54) is 12.1 Å². The summed E-state index contributed by atoms with van der Waals surface area (Å²) >= 11 is 5.86. The van der Waals surface area contributed by atoms with E-state index >= 15 is 0 Å². The van der Waals surface area contributed by atoms with Crippen molar-refractivity contribution in [2.24, 2.45) is 5.92 Å². The van der Waals surface area contributed by atoms with Gasteiger partial charge in [-0.2, -0.15) is 0 Å². The van der Waals surface area contributed by atoms with Crippen molar-refractivity contribution in [3.05, 3.63) is 34.6 Å². The van der Waals surface area contributed by atoms with E-state index in [2.05, 4.69) is 0 Å². The van der Waals surface area contributed by atoms with Gasteiger partial charge in [0.1, 0.15) is 5.82 Å². The highest BCUT2D eigenvalue weighted by atomic mass is 35.5. The van der Waals surface area contributed by atoms with Crippen molar-refractivity contribution >= 4 is 11.6 Å². The third-order valence-corrected chi connectivity index (χ3v) is 2.91. The monoisotopic (exact) mass is 216 g/mol. The minimum Gasteiger partial charge on any atom is -0.385 e. The largest absolute Gasteiger partial charge is 0.385 e. The first kappa shape index (κ1) is 11.5. The topological polar surface area (TPSA) is 20.2 Å². The van der Waals surface area contributed by atoms with Gasteiger partial charge in [0.2, 0.25) is 0 Å². The molecule has 1 atom stereocenters. The molecule has 0 aliphatic carbocycles. The summed E-state index contributed by atoms with van der Waals surface area (Å²) in [5, 5.41) is 10.4. The molecule has 3 heteroatoms. The summed E-state index contributed by atoms with van der Waals surface area (Å²) in [6.07, 6.45) is 0. The molecule has 1 aromatic carbocycles. The van der Waals surface area contributed by atoms with Gasteiger partial charge in [-0.1, -0.05) is 31.5 Å². The van der Waals surface area contributed by atoms with Crippen molar-refractivity contribution in [2.45, 2.75) is 26.4 Å². The summed E-state index contributed by atoms with van der Waals surface area (Å²) in [6.45, 7) is 5.22. The molecule has 1 aromatic rings. The van der Waals surface area contributed by atoms with Gasteiger partial charge in [-0.15, -0.1) is 0 Å².